The SMILES string of the molecule is N#C[C@@]1(c2ccc3cnn(-c4cc(N5CCO[C@H](CO)C5)ncn4)c3c2)CC12CC2. The van der Waals surface area contributed by atoms with Crippen LogP contribution in [0.25, 0.3) is 16.7 Å². The highest BCUT2D eigenvalue weighted by Crippen LogP contribution is 2.78. The van der Waals surface area contributed by atoms with Crippen molar-refractivity contribution in [1.82, 2.24) is 19.7 Å². The molecule has 30 heavy (non-hydrogen) atoms. The maximum atomic E-state index is 9.89. The molecule has 1 spiro atoms. The van der Waals surface area contributed by atoms with E-state index in [1.165, 1.54) is 0 Å². The number of aromatic nitrogens is 4. The number of ether oxygens (including phenoxy) is 1. The van der Waals surface area contributed by atoms with Gasteiger partial charge in [0.25, 0.3) is 0 Å². The fourth-order valence-electron chi connectivity index (χ4n) is 4.98. The molecule has 152 valence electrons. The van der Waals surface area contributed by atoms with Crippen LogP contribution in [0, 0.1) is 16.7 Å². The number of benzene rings is 1. The molecule has 2 saturated carbocycles. The Hall–Kier alpha value is -3.02. The van der Waals surface area contributed by atoms with Gasteiger partial charge in [0.1, 0.15) is 12.1 Å². The number of rotatable bonds is 4. The van der Waals surface area contributed by atoms with E-state index in [-0.39, 0.29) is 23.5 Å². The van der Waals surface area contributed by atoms with Crippen LogP contribution in [0.15, 0.2) is 36.8 Å². The average molecular weight is 402 g/mol. The smallest absolute Gasteiger partial charge is 0.159 e. The first-order chi connectivity index (χ1) is 14.7. The van der Waals surface area contributed by atoms with Crippen LogP contribution >= 0.6 is 0 Å². The second-order valence-electron chi connectivity index (χ2n) is 8.66. The van der Waals surface area contributed by atoms with Crippen LogP contribution in [-0.2, 0) is 10.2 Å². The van der Waals surface area contributed by atoms with Gasteiger partial charge in [-0.05, 0) is 36.3 Å². The quantitative estimate of drug-likeness (QED) is 0.712. The molecule has 0 radical (unpaired) electrons. The molecule has 6 rings (SSSR count). The first-order valence-corrected chi connectivity index (χ1v) is 10.4. The lowest BCUT2D eigenvalue weighted by Gasteiger charge is -2.32. The van der Waals surface area contributed by atoms with Crippen LogP contribution in [-0.4, -0.2) is 57.3 Å². The van der Waals surface area contributed by atoms with Gasteiger partial charge in [0.2, 0.25) is 0 Å². The van der Waals surface area contributed by atoms with E-state index in [0.29, 0.717) is 25.5 Å². The predicted molar refractivity (Wildman–Crippen MR) is 109 cm³/mol. The molecule has 8 nitrogen and oxygen atoms in total. The Labute approximate surface area is 173 Å². The van der Waals surface area contributed by atoms with E-state index < -0.39 is 0 Å². The molecule has 8 heteroatoms. The summed E-state index contributed by atoms with van der Waals surface area (Å²) in [5.41, 5.74) is 1.93. The second-order valence-corrected chi connectivity index (χ2v) is 8.66. The van der Waals surface area contributed by atoms with Crippen molar-refractivity contribution in [3.05, 3.63) is 42.4 Å². The molecule has 2 aliphatic carbocycles. The monoisotopic (exact) mass is 402 g/mol. The molecule has 1 saturated heterocycles. The minimum absolute atomic E-state index is 0.0108. The summed E-state index contributed by atoms with van der Waals surface area (Å²) in [6.07, 6.45) is 6.44. The number of aliphatic hydroxyl groups is 1. The van der Waals surface area contributed by atoms with Crippen LogP contribution in [0.2, 0.25) is 0 Å². The lowest BCUT2D eigenvalue weighted by Crippen LogP contribution is -2.44. The maximum Gasteiger partial charge on any atom is 0.159 e. The molecule has 3 heterocycles. The van der Waals surface area contributed by atoms with Crippen LogP contribution in [0.5, 0.6) is 0 Å². The van der Waals surface area contributed by atoms with Gasteiger partial charge in [-0.3, -0.25) is 0 Å². The fraction of sp³-hybridized carbons (Fsp3) is 0.455. The van der Waals surface area contributed by atoms with Crippen LogP contribution in [0.3, 0.4) is 0 Å². The number of nitriles is 1. The van der Waals surface area contributed by atoms with Gasteiger partial charge >= 0.3 is 0 Å². The Balaban J connectivity index is 1.38. The summed E-state index contributed by atoms with van der Waals surface area (Å²) in [7, 11) is 0. The van der Waals surface area contributed by atoms with E-state index in [9.17, 15) is 10.4 Å². The molecule has 1 N–H and O–H groups in total. The topological polar surface area (TPSA) is 100 Å². The lowest BCUT2D eigenvalue weighted by atomic mass is 9.93. The molecule has 3 fully saturated rings. The summed E-state index contributed by atoms with van der Waals surface area (Å²) in [6.45, 7) is 1.84. The van der Waals surface area contributed by atoms with E-state index in [2.05, 4.69) is 44.2 Å². The fourth-order valence-corrected chi connectivity index (χ4v) is 4.98. The Morgan fingerprint density at radius 1 is 1.23 bits per heavy atom. The molecule has 0 bridgehead atoms. The Kier molecular flexibility index (Phi) is 3.70. The van der Waals surface area contributed by atoms with Gasteiger partial charge in [-0.2, -0.15) is 10.4 Å². The molecule has 1 aliphatic heterocycles. The molecular weight excluding hydrogens is 380 g/mol. The van der Waals surface area contributed by atoms with Gasteiger partial charge in [-0.1, -0.05) is 12.1 Å². The third kappa shape index (κ3) is 2.49. The summed E-state index contributed by atoms with van der Waals surface area (Å²) in [6, 6.07) is 10.8. The first kappa shape index (κ1) is 17.8. The zero-order valence-corrected chi connectivity index (χ0v) is 16.5. The summed E-state index contributed by atoms with van der Waals surface area (Å²) in [5.74, 6) is 1.47. The van der Waals surface area contributed by atoms with E-state index in [1.54, 1.807) is 6.33 Å². The number of hydrogen-bond donors (Lipinski definition) is 1. The number of anilines is 1. The van der Waals surface area contributed by atoms with Crippen molar-refractivity contribution in [2.45, 2.75) is 30.8 Å². The Morgan fingerprint density at radius 3 is 2.87 bits per heavy atom. The third-order valence-corrected chi connectivity index (χ3v) is 7.01. The minimum Gasteiger partial charge on any atom is -0.394 e. The number of hydrogen-bond acceptors (Lipinski definition) is 7. The molecule has 2 aromatic heterocycles. The van der Waals surface area contributed by atoms with Crippen molar-refractivity contribution in [1.29, 1.82) is 5.26 Å². The van der Waals surface area contributed by atoms with E-state index in [1.807, 2.05) is 16.9 Å². The van der Waals surface area contributed by atoms with Crippen molar-refractivity contribution in [2.24, 2.45) is 5.41 Å². The zero-order chi connectivity index (χ0) is 20.3. The minimum atomic E-state index is -0.333. The van der Waals surface area contributed by atoms with E-state index in [0.717, 1.165) is 41.5 Å². The van der Waals surface area contributed by atoms with Crippen LogP contribution in [0.1, 0.15) is 24.8 Å². The summed E-state index contributed by atoms with van der Waals surface area (Å²) >= 11 is 0. The Morgan fingerprint density at radius 2 is 2.10 bits per heavy atom. The lowest BCUT2D eigenvalue weighted by molar-refractivity contribution is 0.00335. The summed E-state index contributed by atoms with van der Waals surface area (Å²) in [5, 5.41) is 24.9. The van der Waals surface area contributed by atoms with Crippen molar-refractivity contribution in [2.75, 3.05) is 31.2 Å². The summed E-state index contributed by atoms with van der Waals surface area (Å²) in [4.78, 5) is 11.0. The van der Waals surface area contributed by atoms with Gasteiger partial charge < -0.3 is 14.7 Å². The van der Waals surface area contributed by atoms with Gasteiger partial charge in [-0.25, -0.2) is 14.6 Å². The molecule has 0 amide bonds. The molecule has 0 unspecified atom stereocenters. The largest absolute Gasteiger partial charge is 0.394 e. The second kappa shape index (κ2) is 6.24. The van der Waals surface area contributed by atoms with Crippen molar-refractivity contribution in [3.63, 3.8) is 0 Å². The Bertz CT molecular complexity index is 1180. The predicted octanol–water partition coefficient (Wildman–Crippen LogP) is 1.96. The van der Waals surface area contributed by atoms with Gasteiger partial charge in [0, 0.05) is 24.5 Å². The number of morpholine rings is 1. The molecule has 1 aromatic carbocycles. The molecule has 2 atom stereocenters. The van der Waals surface area contributed by atoms with Gasteiger partial charge in [-0.15, -0.1) is 0 Å². The van der Waals surface area contributed by atoms with Gasteiger partial charge in [0.05, 0.1) is 42.5 Å². The standard InChI is InChI=1S/C22H22N6O2/c23-13-22(12-21(22)3-4-21)16-2-1-15-9-26-28(18(15)7-16)20-8-19(24-14-25-20)27-5-6-30-17(10-27)11-29/h1-2,7-9,14,17,29H,3-6,10-12H2/t17-,22+/m0/s1. The van der Waals surface area contributed by atoms with E-state index in [4.69, 9.17) is 4.74 Å². The molecular formula is C22H22N6O2. The highest BCUT2D eigenvalue weighted by Gasteiger charge is 2.75. The maximum absolute atomic E-state index is 9.89. The number of nitrogens with zero attached hydrogens (tertiary/aromatic N) is 6. The van der Waals surface area contributed by atoms with Crippen LogP contribution in [0.4, 0.5) is 5.82 Å². The van der Waals surface area contributed by atoms with E-state index >= 15 is 0 Å². The highest BCUT2D eigenvalue weighted by atomic mass is 16.5. The van der Waals surface area contributed by atoms with Crippen LogP contribution < -0.4 is 4.90 Å². The third-order valence-electron chi connectivity index (χ3n) is 7.01. The van der Waals surface area contributed by atoms with Gasteiger partial charge in [0.15, 0.2) is 5.82 Å². The average Bonchev–Trinajstić information content (AvgIpc) is 3.68. The van der Waals surface area contributed by atoms with Crippen molar-refractivity contribution in [3.8, 4) is 11.9 Å². The number of fused-ring (bicyclic) bond motifs is 1. The molecule has 3 aromatic rings. The van der Waals surface area contributed by atoms with Crippen molar-refractivity contribution < 1.29 is 9.84 Å². The molecule has 3 aliphatic rings. The zero-order valence-electron chi connectivity index (χ0n) is 16.5. The first-order valence-electron chi connectivity index (χ1n) is 10.4. The summed E-state index contributed by atoms with van der Waals surface area (Å²) < 4.78 is 7.36. The highest BCUT2D eigenvalue weighted by molar-refractivity contribution is 5.81. The number of aliphatic hydroxyl groups excluding tert-OH is 1. The normalized spacial score (nSPS) is 26.7. The van der Waals surface area contributed by atoms with Crippen molar-refractivity contribution >= 4 is 16.7 Å².